The molecule has 106 valence electrons. The molecule has 3 rings (SSSR count). The molecule has 2 N–H and O–H groups in total. The summed E-state index contributed by atoms with van der Waals surface area (Å²) >= 11 is 0. The van der Waals surface area contributed by atoms with E-state index in [4.69, 9.17) is 0 Å². The molecule has 1 fully saturated rings. The Kier molecular flexibility index (Phi) is 3.54. The third-order valence-corrected chi connectivity index (χ3v) is 3.82. The van der Waals surface area contributed by atoms with Gasteiger partial charge in [0.05, 0.1) is 0 Å². The fourth-order valence-electron chi connectivity index (χ4n) is 2.32. The van der Waals surface area contributed by atoms with Gasteiger partial charge in [0.1, 0.15) is 5.82 Å². The maximum atomic E-state index is 11.6. The first kappa shape index (κ1) is 12.9. The van der Waals surface area contributed by atoms with E-state index >= 15 is 0 Å². The Bertz CT molecular complexity index is 608. The number of nitrogens with zero attached hydrogens (tertiary/aromatic N) is 3. The van der Waals surface area contributed by atoms with Crippen LogP contribution in [0.4, 0.5) is 4.79 Å². The van der Waals surface area contributed by atoms with Crippen molar-refractivity contribution >= 4 is 11.7 Å². The van der Waals surface area contributed by atoms with Crippen LogP contribution < -0.4 is 10.6 Å². The quantitative estimate of drug-likeness (QED) is 0.860. The molecule has 2 unspecified atom stereocenters. The molecule has 0 spiro atoms. The van der Waals surface area contributed by atoms with Gasteiger partial charge in [0.15, 0.2) is 5.65 Å². The van der Waals surface area contributed by atoms with Crippen LogP contribution in [0.2, 0.25) is 0 Å². The molecule has 0 bridgehead atoms. The molecule has 1 aliphatic rings. The Balaban J connectivity index is 1.44. The van der Waals surface area contributed by atoms with Gasteiger partial charge in [-0.3, -0.25) is 4.40 Å². The van der Waals surface area contributed by atoms with Crippen molar-refractivity contribution < 1.29 is 4.79 Å². The summed E-state index contributed by atoms with van der Waals surface area (Å²) in [5.74, 6) is 2.29. The maximum absolute atomic E-state index is 11.6. The van der Waals surface area contributed by atoms with Crippen LogP contribution in [0.25, 0.3) is 5.65 Å². The minimum absolute atomic E-state index is 0.0991. The van der Waals surface area contributed by atoms with Crippen LogP contribution in [0.1, 0.15) is 19.2 Å². The number of urea groups is 1. The van der Waals surface area contributed by atoms with E-state index in [2.05, 4.69) is 27.8 Å². The van der Waals surface area contributed by atoms with Gasteiger partial charge in [0.2, 0.25) is 0 Å². The predicted molar refractivity (Wildman–Crippen MR) is 75.4 cm³/mol. The van der Waals surface area contributed by atoms with Gasteiger partial charge in [-0.25, -0.2) is 4.79 Å². The van der Waals surface area contributed by atoms with E-state index in [1.165, 1.54) is 6.42 Å². The number of amides is 2. The van der Waals surface area contributed by atoms with Gasteiger partial charge in [0, 0.05) is 25.7 Å². The molecular weight excluding hydrogens is 254 g/mol. The van der Waals surface area contributed by atoms with Crippen molar-refractivity contribution in [2.75, 3.05) is 13.1 Å². The predicted octanol–water partition coefficient (Wildman–Crippen LogP) is 1.23. The summed E-state index contributed by atoms with van der Waals surface area (Å²) in [6.45, 7) is 3.54. The maximum Gasteiger partial charge on any atom is 0.314 e. The molecule has 0 aromatic carbocycles. The summed E-state index contributed by atoms with van der Waals surface area (Å²) in [6.07, 6.45) is 3.82. The summed E-state index contributed by atoms with van der Waals surface area (Å²) < 4.78 is 1.94. The molecule has 2 aromatic heterocycles. The number of hydrogen-bond acceptors (Lipinski definition) is 3. The van der Waals surface area contributed by atoms with Crippen molar-refractivity contribution in [1.82, 2.24) is 25.2 Å². The molecule has 0 saturated heterocycles. The van der Waals surface area contributed by atoms with E-state index in [-0.39, 0.29) is 6.03 Å². The summed E-state index contributed by atoms with van der Waals surface area (Å²) in [6, 6.07) is 5.68. The molecule has 1 aliphatic carbocycles. The Morgan fingerprint density at radius 3 is 3.05 bits per heavy atom. The van der Waals surface area contributed by atoms with Gasteiger partial charge in [-0.05, 0) is 30.4 Å². The summed E-state index contributed by atoms with van der Waals surface area (Å²) in [4.78, 5) is 11.6. The lowest BCUT2D eigenvalue weighted by Gasteiger charge is -2.06. The highest BCUT2D eigenvalue weighted by Crippen LogP contribution is 2.36. The lowest BCUT2D eigenvalue weighted by molar-refractivity contribution is 0.240. The molecule has 2 heterocycles. The Labute approximate surface area is 117 Å². The molecule has 2 amide bonds. The zero-order chi connectivity index (χ0) is 13.9. The molecule has 20 heavy (non-hydrogen) atoms. The van der Waals surface area contributed by atoms with Crippen LogP contribution in [0.15, 0.2) is 24.4 Å². The minimum Gasteiger partial charge on any atom is -0.338 e. The first-order valence-electron chi connectivity index (χ1n) is 7.04. The van der Waals surface area contributed by atoms with Gasteiger partial charge in [-0.2, -0.15) is 0 Å². The number of carbonyl (C=O) groups excluding carboxylic acids is 1. The van der Waals surface area contributed by atoms with E-state index in [9.17, 15) is 4.79 Å². The smallest absolute Gasteiger partial charge is 0.314 e. The van der Waals surface area contributed by atoms with Gasteiger partial charge in [-0.15, -0.1) is 10.2 Å². The highest BCUT2D eigenvalue weighted by atomic mass is 16.2. The second-order valence-electron chi connectivity index (χ2n) is 5.40. The van der Waals surface area contributed by atoms with Crippen LogP contribution in [-0.2, 0) is 6.42 Å². The van der Waals surface area contributed by atoms with E-state index in [1.54, 1.807) is 0 Å². The van der Waals surface area contributed by atoms with Crippen molar-refractivity contribution in [2.24, 2.45) is 11.8 Å². The topological polar surface area (TPSA) is 71.3 Å². The molecular formula is C14H19N5O. The number of aromatic nitrogens is 3. The first-order chi connectivity index (χ1) is 9.74. The average molecular weight is 273 g/mol. The van der Waals surface area contributed by atoms with Crippen LogP contribution in [0.5, 0.6) is 0 Å². The van der Waals surface area contributed by atoms with E-state index in [0.717, 1.165) is 23.9 Å². The number of nitrogens with one attached hydrogen (secondary N) is 2. The summed E-state index contributed by atoms with van der Waals surface area (Å²) in [5.41, 5.74) is 0.828. The van der Waals surface area contributed by atoms with E-state index in [0.29, 0.717) is 18.9 Å². The van der Waals surface area contributed by atoms with Crippen molar-refractivity contribution in [1.29, 1.82) is 0 Å². The van der Waals surface area contributed by atoms with Crippen molar-refractivity contribution in [3.8, 4) is 0 Å². The Morgan fingerprint density at radius 1 is 1.40 bits per heavy atom. The van der Waals surface area contributed by atoms with Gasteiger partial charge < -0.3 is 10.6 Å². The average Bonchev–Trinajstić information content (AvgIpc) is 3.01. The van der Waals surface area contributed by atoms with Crippen molar-refractivity contribution in [3.05, 3.63) is 30.2 Å². The second kappa shape index (κ2) is 5.48. The number of fused-ring (bicyclic) bond motifs is 1. The molecule has 6 heteroatoms. The lowest BCUT2D eigenvalue weighted by atomic mass is 10.3. The fraction of sp³-hybridized carbons (Fsp3) is 0.500. The molecule has 0 radical (unpaired) electrons. The summed E-state index contributed by atoms with van der Waals surface area (Å²) in [7, 11) is 0. The zero-order valence-corrected chi connectivity index (χ0v) is 11.5. The third-order valence-electron chi connectivity index (χ3n) is 3.82. The monoisotopic (exact) mass is 273 g/mol. The Morgan fingerprint density at radius 2 is 2.25 bits per heavy atom. The first-order valence-corrected chi connectivity index (χ1v) is 7.04. The number of carbonyl (C=O) groups is 1. The fourth-order valence-corrected chi connectivity index (χ4v) is 2.32. The van der Waals surface area contributed by atoms with Crippen molar-refractivity contribution in [3.63, 3.8) is 0 Å². The van der Waals surface area contributed by atoms with Crippen molar-refractivity contribution in [2.45, 2.75) is 19.8 Å². The van der Waals surface area contributed by atoms with Gasteiger partial charge >= 0.3 is 6.03 Å². The molecule has 2 aromatic rings. The SMILES string of the molecule is CC1CC1CNC(=O)NCCc1nnc2ccccn12. The highest BCUT2D eigenvalue weighted by Gasteiger charge is 2.32. The van der Waals surface area contributed by atoms with Crippen LogP contribution in [0, 0.1) is 11.8 Å². The zero-order valence-electron chi connectivity index (χ0n) is 11.5. The van der Waals surface area contributed by atoms with Crippen LogP contribution >= 0.6 is 0 Å². The number of hydrogen-bond donors (Lipinski definition) is 2. The molecule has 0 aliphatic heterocycles. The third kappa shape index (κ3) is 2.89. The summed E-state index contributed by atoms with van der Waals surface area (Å²) in [5, 5.41) is 14.0. The van der Waals surface area contributed by atoms with E-state index in [1.807, 2.05) is 28.8 Å². The van der Waals surface area contributed by atoms with Gasteiger partial charge in [0.25, 0.3) is 0 Å². The number of pyridine rings is 1. The largest absolute Gasteiger partial charge is 0.338 e. The van der Waals surface area contributed by atoms with Crippen LogP contribution in [-0.4, -0.2) is 33.7 Å². The second-order valence-corrected chi connectivity index (χ2v) is 5.40. The van der Waals surface area contributed by atoms with Gasteiger partial charge in [-0.1, -0.05) is 13.0 Å². The van der Waals surface area contributed by atoms with Crippen LogP contribution in [0.3, 0.4) is 0 Å². The normalized spacial score (nSPS) is 20.9. The lowest BCUT2D eigenvalue weighted by Crippen LogP contribution is -2.37. The van der Waals surface area contributed by atoms with E-state index < -0.39 is 0 Å². The standard InChI is InChI=1S/C14H19N5O/c1-10-8-11(10)9-16-14(20)15-6-5-13-18-17-12-4-2-3-7-19(12)13/h2-4,7,10-11H,5-6,8-9H2,1H3,(H2,15,16,20). The molecule has 6 nitrogen and oxygen atoms in total. The number of rotatable bonds is 5. The Hall–Kier alpha value is -2.11. The highest BCUT2D eigenvalue weighted by molar-refractivity contribution is 5.73. The molecule has 1 saturated carbocycles. The molecule has 2 atom stereocenters. The minimum atomic E-state index is -0.0991.